The first-order chi connectivity index (χ1) is 12.3. The molecule has 0 amide bonds. The summed E-state index contributed by atoms with van der Waals surface area (Å²) in [5, 5.41) is 18.8. The summed E-state index contributed by atoms with van der Waals surface area (Å²) in [6.45, 7) is 5.80. The van der Waals surface area contributed by atoms with Crippen LogP contribution < -0.4 is 0 Å². The third-order valence-corrected chi connectivity index (χ3v) is 5.34. The second-order valence-corrected chi connectivity index (χ2v) is 7.52. The Balaban J connectivity index is 1.75. The van der Waals surface area contributed by atoms with Crippen molar-refractivity contribution in [2.75, 3.05) is 0 Å². The molecule has 2 N–H and O–H groups in total. The maximum atomic E-state index is 12.0. The molecule has 5 heteroatoms. The van der Waals surface area contributed by atoms with Crippen LogP contribution in [-0.2, 0) is 14.3 Å². The second kappa shape index (κ2) is 9.17. The highest BCUT2D eigenvalue weighted by atomic mass is 16.5. The van der Waals surface area contributed by atoms with Gasteiger partial charge in [0.2, 0.25) is 0 Å². The molecule has 1 unspecified atom stereocenters. The summed E-state index contributed by atoms with van der Waals surface area (Å²) in [7, 11) is 0. The number of hydrogen-bond donors (Lipinski definition) is 2. The van der Waals surface area contributed by atoms with Crippen LogP contribution >= 0.6 is 0 Å². The van der Waals surface area contributed by atoms with E-state index in [0.717, 1.165) is 25.7 Å². The topological polar surface area (TPSA) is 83.8 Å². The Bertz CT molecular complexity index is 641. The van der Waals surface area contributed by atoms with Crippen molar-refractivity contribution in [3.05, 3.63) is 34.6 Å². The summed E-state index contributed by atoms with van der Waals surface area (Å²) >= 11 is 0. The fourth-order valence-electron chi connectivity index (χ4n) is 3.46. The van der Waals surface area contributed by atoms with Crippen molar-refractivity contribution in [2.24, 2.45) is 5.92 Å². The van der Waals surface area contributed by atoms with Gasteiger partial charge in [-0.1, -0.05) is 24.6 Å². The smallest absolute Gasteiger partial charge is 0.330 e. The molecule has 26 heavy (non-hydrogen) atoms. The van der Waals surface area contributed by atoms with Gasteiger partial charge in [0, 0.05) is 24.0 Å². The minimum atomic E-state index is -0.864. The lowest BCUT2D eigenvalue weighted by Gasteiger charge is -2.22. The molecule has 2 aliphatic rings. The molecule has 0 aromatic carbocycles. The number of carbonyl (C=O) groups is 2. The monoisotopic (exact) mass is 362 g/mol. The molecular weight excluding hydrogens is 332 g/mol. The summed E-state index contributed by atoms with van der Waals surface area (Å²) in [5.41, 5.74) is 2.34. The highest BCUT2D eigenvalue weighted by Crippen LogP contribution is 2.37. The van der Waals surface area contributed by atoms with Crippen molar-refractivity contribution >= 4 is 11.8 Å². The van der Waals surface area contributed by atoms with Crippen LogP contribution in [0, 0.1) is 5.92 Å². The van der Waals surface area contributed by atoms with Crippen LogP contribution in [0.3, 0.4) is 0 Å². The van der Waals surface area contributed by atoms with Crippen LogP contribution in [0.5, 0.6) is 0 Å². The van der Waals surface area contributed by atoms with Crippen LogP contribution in [0.15, 0.2) is 34.6 Å². The minimum Gasteiger partial charge on any atom is -0.491 e. The zero-order chi connectivity index (χ0) is 19.3. The van der Waals surface area contributed by atoms with E-state index in [9.17, 15) is 14.7 Å². The van der Waals surface area contributed by atoms with Gasteiger partial charge in [0.25, 0.3) is 0 Å². The highest BCUT2D eigenvalue weighted by molar-refractivity contribution is 5.97. The van der Waals surface area contributed by atoms with E-state index >= 15 is 0 Å². The maximum absolute atomic E-state index is 12.0. The molecule has 5 nitrogen and oxygen atoms in total. The molecule has 3 atom stereocenters. The summed E-state index contributed by atoms with van der Waals surface area (Å²) in [4.78, 5) is 22.7. The molecule has 2 rings (SSSR count). The van der Waals surface area contributed by atoms with Crippen LogP contribution in [-0.4, -0.2) is 34.2 Å². The fourth-order valence-corrected chi connectivity index (χ4v) is 3.46. The number of aliphatic hydroxyl groups is 1. The Hall–Kier alpha value is -1.88. The molecule has 0 aromatic heterocycles. The van der Waals surface area contributed by atoms with E-state index in [-0.39, 0.29) is 11.9 Å². The molecule has 0 radical (unpaired) electrons. The van der Waals surface area contributed by atoms with Gasteiger partial charge in [-0.05, 0) is 51.9 Å². The number of hydrogen-bond acceptors (Lipinski definition) is 4. The fraction of sp³-hybridized carbons (Fsp3) is 0.619. The van der Waals surface area contributed by atoms with Gasteiger partial charge in [0.05, 0.1) is 0 Å². The third-order valence-electron chi connectivity index (χ3n) is 5.34. The van der Waals surface area contributed by atoms with Crippen LogP contribution in [0.4, 0.5) is 0 Å². The van der Waals surface area contributed by atoms with Gasteiger partial charge in [0.15, 0.2) is 5.78 Å². The van der Waals surface area contributed by atoms with Crippen molar-refractivity contribution in [2.45, 2.75) is 77.9 Å². The Labute approximate surface area is 155 Å². The van der Waals surface area contributed by atoms with E-state index in [1.54, 1.807) is 13.0 Å². The minimum absolute atomic E-state index is 0.0217. The lowest BCUT2D eigenvalue weighted by atomic mass is 9.89. The van der Waals surface area contributed by atoms with Gasteiger partial charge in [-0.25, -0.2) is 4.79 Å². The number of aliphatic carboxylic acids is 1. The quantitative estimate of drug-likeness (QED) is 0.505. The summed E-state index contributed by atoms with van der Waals surface area (Å²) in [6, 6.07) is 0. The van der Waals surface area contributed by atoms with Gasteiger partial charge in [-0.3, -0.25) is 4.79 Å². The SMILES string of the molecule is C/C(=C\CCC(C)[C@@H]1CC2=C(O1)[C@H](O)CCC2=O)CC/C=C(\C)C(=O)O. The maximum Gasteiger partial charge on any atom is 0.330 e. The Morgan fingerprint density at radius 1 is 1.31 bits per heavy atom. The lowest BCUT2D eigenvalue weighted by Crippen LogP contribution is -2.22. The molecule has 0 saturated heterocycles. The van der Waals surface area contributed by atoms with E-state index in [1.807, 2.05) is 0 Å². The molecule has 1 heterocycles. The second-order valence-electron chi connectivity index (χ2n) is 7.52. The van der Waals surface area contributed by atoms with E-state index < -0.39 is 12.1 Å². The number of aliphatic hydroxyl groups excluding tert-OH is 1. The number of carboxylic acid groups (broad SMARTS) is 1. The van der Waals surface area contributed by atoms with Crippen molar-refractivity contribution in [1.82, 2.24) is 0 Å². The Morgan fingerprint density at radius 3 is 2.69 bits per heavy atom. The van der Waals surface area contributed by atoms with E-state index in [1.165, 1.54) is 5.57 Å². The largest absolute Gasteiger partial charge is 0.491 e. The van der Waals surface area contributed by atoms with Gasteiger partial charge in [0.1, 0.15) is 18.0 Å². The number of ketones is 1. The molecule has 0 spiro atoms. The molecule has 0 fully saturated rings. The molecular formula is C21H30O5. The number of carbonyl (C=O) groups excluding carboxylic acids is 1. The van der Waals surface area contributed by atoms with Crippen LogP contribution in [0.25, 0.3) is 0 Å². The predicted octanol–water partition coefficient (Wildman–Crippen LogP) is 3.93. The first-order valence-corrected chi connectivity index (χ1v) is 9.46. The third kappa shape index (κ3) is 5.31. The highest BCUT2D eigenvalue weighted by Gasteiger charge is 2.38. The standard InChI is InChI=1S/C21H30O5/c1-13(7-5-9-15(3)21(24)25)6-4-8-14(2)19-12-16-17(22)10-11-18(23)20(16)26-19/h6,9,14,18-19,23H,4-5,7-8,10-12H2,1-3H3,(H,24,25)/b13-6+,15-9+/t14?,18-,19+/m1/s1. The van der Waals surface area contributed by atoms with Gasteiger partial charge in [-0.15, -0.1) is 0 Å². The van der Waals surface area contributed by atoms with E-state index in [2.05, 4.69) is 19.9 Å². The number of Topliss-reactive ketones (excluding diaryl/α,β-unsaturated/α-hetero) is 1. The number of allylic oxidation sites excluding steroid dienone is 3. The molecule has 0 bridgehead atoms. The molecule has 0 aromatic rings. The van der Waals surface area contributed by atoms with Crippen LogP contribution in [0.2, 0.25) is 0 Å². The Morgan fingerprint density at radius 2 is 2.04 bits per heavy atom. The summed E-state index contributed by atoms with van der Waals surface area (Å²) in [6.07, 6.45) is 8.29. The van der Waals surface area contributed by atoms with Crippen molar-refractivity contribution in [3.8, 4) is 0 Å². The van der Waals surface area contributed by atoms with E-state index in [4.69, 9.17) is 9.84 Å². The van der Waals surface area contributed by atoms with Gasteiger partial charge in [-0.2, -0.15) is 0 Å². The average Bonchev–Trinajstić information content (AvgIpc) is 3.04. The molecule has 1 aliphatic carbocycles. The van der Waals surface area contributed by atoms with Gasteiger partial charge < -0.3 is 14.9 Å². The van der Waals surface area contributed by atoms with E-state index in [0.29, 0.717) is 42.1 Å². The summed E-state index contributed by atoms with van der Waals surface area (Å²) < 4.78 is 5.91. The number of carboxylic acids is 1. The van der Waals surface area contributed by atoms with Crippen LogP contribution in [0.1, 0.15) is 65.7 Å². The zero-order valence-corrected chi connectivity index (χ0v) is 16.0. The zero-order valence-electron chi connectivity index (χ0n) is 16.0. The number of ether oxygens (including phenoxy) is 1. The molecule has 144 valence electrons. The normalized spacial score (nSPS) is 25.2. The first kappa shape index (κ1) is 20.4. The van der Waals surface area contributed by atoms with Gasteiger partial charge >= 0.3 is 5.97 Å². The summed E-state index contributed by atoms with van der Waals surface area (Å²) in [5.74, 6) is 0.0848. The van der Waals surface area contributed by atoms with Crippen molar-refractivity contribution in [1.29, 1.82) is 0 Å². The molecule has 1 aliphatic heterocycles. The predicted molar refractivity (Wildman–Crippen MR) is 99.5 cm³/mol. The first-order valence-electron chi connectivity index (χ1n) is 9.46. The number of rotatable bonds is 8. The van der Waals surface area contributed by atoms with Crippen molar-refractivity contribution in [3.63, 3.8) is 0 Å². The lowest BCUT2D eigenvalue weighted by molar-refractivity contribution is -0.132. The Kier molecular flexibility index (Phi) is 7.21. The molecule has 0 saturated carbocycles. The van der Waals surface area contributed by atoms with Crippen molar-refractivity contribution < 1.29 is 24.5 Å². The average molecular weight is 362 g/mol.